The first kappa shape index (κ1) is 15.3. The first-order chi connectivity index (χ1) is 7.17. The molecule has 0 aliphatic carbocycles. The Hall–Kier alpha value is 0.270. The Kier molecular flexibility index (Phi) is 9.66. The molecule has 2 unspecified atom stereocenters. The highest BCUT2D eigenvalue weighted by molar-refractivity contribution is 7.98. The topological polar surface area (TPSA) is 29.3 Å². The van der Waals surface area contributed by atoms with Crippen LogP contribution in [0.15, 0.2) is 0 Å². The molecule has 2 N–H and O–H groups in total. The van der Waals surface area contributed by atoms with Crippen LogP contribution in [-0.4, -0.2) is 42.6 Å². The minimum atomic E-state index is 0.568. The van der Waals surface area contributed by atoms with Gasteiger partial charge in [-0.2, -0.15) is 11.8 Å². The van der Waals surface area contributed by atoms with Crippen LogP contribution >= 0.6 is 11.8 Å². The van der Waals surface area contributed by atoms with Crippen molar-refractivity contribution in [1.29, 1.82) is 0 Å². The Morgan fingerprint density at radius 2 is 2.00 bits per heavy atom. The predicted octanol–water partition coefficient (Wildman–Crippen LogP) is 2.58. The molecule has 2 nitrogen and oxygen atoms in total. The summed E-state index contributed by atoms with van der Waals surface area (Å²) in [5, 5.41) is 0. The third kappa shape index (κ3) is 6.44. The van der Waals surface area contributed by atoms with E-state index in [1.165, 1.54) is 31.4 Å². The van der Waals surface area contributed by atoms with E-state index in [1.807, 2.05) is 11.8 Å². The van der Waals surface area contributed by atoms with Crippen LogP contribution in [0.25, 0.3) is 0 Å². The fourth-order valence-corrected chi connectivity index (χ4v) is 2.55. The van der Waals surface area contributed by atoms with Gasteiger partial charge in [0.2, 0.25) is 0 Å². The SMILES string of the molecule is CCCCCC(CN)N(C)C(C)CSC. The number of hydrogen-bond donors (Lipinski definition) is 1. The van der Waals surface area contributed by atoms with Gasteiger partial charge in [0.1, 0.15) is 0 Å². The van der Waals surface area contributed by atoms with Crippen LogP contribution in [0.3, 0.4) is 0 Å². The molecule has 0 radical (unpaired) electrons. The molecule has 0 aliphatic rings. The quantitative estimate of drug-likeness (QED) is 0.620. The fraction of sp³-hybridized carbons (Fsp3) is 1.00. The van der Waals surface area contributed by atoms with Crippen LogP contribution in [0.1, 0.15) is 39.5 Å². The normalized spacial score (nSPS) is 15.6. The van der Waals surface area contributed by atoms with E-state index in [4.69, 9.17) is 5.73 Å². The van der Waals surface area contributed by atoms with E-state index < -0.39 is 0 Å². The monoisotopic (exact) mass is 232 g/mol. The average Bonchev–Trinajstić information content (AvgIpc) is 2.24. The zero-order valence-electron chi connectivity index (χ0n) is 10.8. The second-order valence-electron chi connectivity index (χ2n) is 4.36. The first-order valence-corrected chi connectivity index (χ1v) is 7.47. The standard InChI is InChI=1S/C12H28N2S/c1-5-6-7-8-12(9-13)14(3)11(2)10-15-4/h11-12H,5-10,13H2,1-4H3. The van der Waals surface area contributed by atoms with E-state index in [2.05, 4.69) is 32.1 Å². The Bertz CT molecular complexity index is 142. The molecule has 0 heterocycles. The maximum atomic E-state index is 5.84. The number of rotatable bonds is 9. The maximum Gasteiger partial charge on any atom is 0.0218 e. The Balaban J connectivity index is 3.91. The summed E-state index contributed by atoms with van der Waals surface area (Å²) in [6.45, 7) is 5.33. The summed E-state index contributed by atoms with van der Waals surface area (Å²) in [4.78, 5) is 2.45. The summed E-state index contributed by atoms with van der Waals surface area (Å²) in [7, 11) is 2.21. The zero-order valence-corrected chi connectivity index (χ0v) is 11.6. The number of thioether (sulfide) groups is 1. The molecule has 0 bridgehead atoms. The Morgan fingerprint density at radius 3 is 2.47 bits per heavy atom. The molecule has 0 fully saturated rings. The van der Waals surface area contributed by atoms with Crippen molar-refractivity contribution in [2.75, 3.05) is 25.6 Å². The molecule has 0 aromatic rings. The average molecular weight is 232 g/mol. The highest BCUT2D eigenvalue weighted by Crippen LogP contribution is 2.12. The van der Waals surface area contributed by atoms with Crippen molar-refractivity contribution in [3.8, 4) is 0 Å². The number of nitrogens with two attached hydrogens (primary N) is 1. The van der Waals surface area contributed by atoms with Crippen LogP contribution in [-0.2, 0) is 0 Å². The molecule has 0 rings (SSSR count). The molecule has 0 aliphatic heterocycles. The van der Waals surface area contributed by atoms with Crippen molar-refractivity contribution >= 4 is 11.8 Å². The van der Waals surface area contributed by atoms with Crippen molar-refractivity contribution in [2.24, 2.45) is 5.73 Å². The molecule has 0 saturated heterocycles. The van der Waals surface area contributed by atoms with Crippen LogP contribution in [0, 0.1) is 0 Å². The molecule has 0 aromatic carbocycles. The third-order valence-corrected chi connectivity index (χ3v) is 3.91. The van der Waals surface area contributed by atoms with E-state index in [1.54, 1.807) is 0 Å². The second kappa shape index (κ2) is 9.49. The van der Waals surface area contributed by atoms with Gasteiger partial charge in [-0.15, -0.1) is 0 Å². The largest absolute Gasteiger partial charge is 0.329 e. The van der Waals surface area contributed by atoms with E-state index in [0.717, 1.165) is 6.54 Å². The summed E-state index contributed by atoms with van der Waals surface area (Å²) < 4.78 is 0. The number of unbranched alkanes of at least 4 members (excludes halogenated alkanes) is 2. The van der Waals surface area contributed by atoms with E-state index in [9.17, 15) is 0 Å². The summed E-state index contributed by atoms with van der Waals surface area (Å²) in [5.41, 5.74) is 5.84. The second-order valence-corrected chi connectivity index (χ2v) is 5.27. The molecule has 0 amide bonds. The molecule has 3 heteroatoms. The summed E-state index contributed by atoms with van der Waals surface area (Å²) in [6, 6.07) is 1.20. The lowest BCUT2D eigenvalue weighted by Gasteiger charge is -2.32. The van der Waals surface area contributed by atoms with Gasteiger partial charge >= 0.3 is 0 Å². The highest BCUT2D eigenvalue weighted by atomic mass is 32.2. The number of nitrogens with zero attached hydrogens (tertiary/aromatic N) is 1. The maximum absolute atomic E-state index is 5.84. The molecule has 0 aromatic heterocycles. The van der Waals surface area contributed by atoms with Gasteiger partial charge in [-0.05, 0) is 26.6 Å². The van der Waals surface area contributed by atoms with Gasteiger partial charge in [0.15, 0.2) is 0 Å². The zero-order chi connectivity index (χ0) is 11.7. The van der Waals surface area contributed by atoms with Gasteiger partial charge in [0.25, 0.3) is 0 Å². The van der Waals surface area contributed by atoms with Crippen molar-refractivity contribution < 1.29 is 0 Å². The molecular weight excluding hydrogens is 204 g/mol. The van der Waals surface area contributed by atoms with Crippen LogP contribution < -0.4 is 5.73 Å². The van der Waals surface area contributed by atoms with Crippen LogP contribution in [0.4, 0.5) is 0 Å². The third-order valence-electron chi connectivity index (χ3n) is 3.09. The highest BCUT2D eigenvalue weighted by Gasteiger charge is 2.17. The summed E-state index contributed by atoms with van der Waals surface area (Å²) in [5.74, 6) is 1.20. The van der Waals surface area contributed by atoms with Gasteiger partial charge in [-0.3, -0.25) is 4.90 Å². The Morgan fingerprint density at radius 1 is 1.33 bits per heavy atom. The summed E-state index contributed by atoms with van der Waals surface area (Å²) in [6.07, 6.45) is 7.36. The van der Waals surface area contributed by atoms with Crippen molar-refractivity contribution in [3.05, 3.63) is 0 Å². The molecule has 0 spiro atoms. The van der Waals surface area contributed by atoms with Crippen molar-refractivity contribution in [1.82, 2.24) is 4.90 Å². The van der Waals surface area contributed by atoms with Gasteiger partial charge in [-0.1, -0.05) is 26.2 Å². The van der Waals surface area contributed by atoms with Gasteiger partial charge in [0, 0.05) is 24.4 Å². The predicted molar refractivity (Wildman–Crippen MR) is 72.6 cm³/mol. The van der Waals surface area contributed by atoms with Crippen molar-refractivity contribution in [2.45, 2.75) is 51.6 Å². The lowest BCUT2D eigenvalue weighted by atomic mass is 10.1. The molecule has 0 saturated carbocycles. The lowest BCUT2D eigenvalue weighted by Crippen LogP contribution is -2.44. The lowest BCUT2D eigenvalue weighted by molar-refractivity contribution is 0.190. The number of hydrogen-bond acceptors (Lipinski definition) is 3. The van der Waals surface area contributed by atoms with E-state index in [-0.39, 0.29) is 0 Å². The molecule has 15 heavy (non-hydrogen) atoms. The van der Waals surface area contributed by atoms with Crippen LogP contribution in [0.5, 0.6) is 0 Å². The van der Waals surface area contributed by atoms with Gasteiger partial charge < -0.3 is 5.73 Å². The minimum absolute atomic E-state index is 0.568. The summed E-state index contributed by atoms with van der Waals surface area (Å²) >= 11 is 1.91. The number of likely N-dealkylation sites (N-methyl/N-ethyl adjacent to an activating group) is 1. The first-order valence-electron chi connectivity index (χ1n) is 6.08. The fourth-order valence-electron chi connectivity index (χ4n) is 1.84. The van der Waals surface area contributed by atoms with E-state index >= 15 is 0 Å². The van der Waals surface area contributed by atoms with Crippen molar-refractivity contribution in [3.63, 3.8) is 0 Å². The molecule has 92 valence electrons. The van der Waals surface area contributed by atoms with E-state index in [0.29, 0.717) is 12.1 Å². The van der Waals surface area contributed by atoms with Gasteiger partial charge in [-0.25, -0.2) is 0 Å². The Labute approximate surface area is 100.0 Å². The smallest absolute Gasteiger partial charge is 0.0218 e. The minimum Gasteiger partial charge on any atom is -0.329 e. The van der Waals surface area contributed by atoms with Crippen LogP contribution in [0.2, 0.25) is 0 Å². The van der Waals surface area contributed by atoms with Gasteiger partial charge in [0.05, 0.1) is 0 Å². The molecular formula is C12H28N2S. The molecule has 2 atom stereocenters.